The van der Waals surface area contributed by atoms with E-state index in [1.54, 1.807) is 6.92 Å². The van der Waals surface area contributed by atoms with E-state index >= 15 is 0 Å². The molecular weight excluding hydrogens is 284 g/mol. The number of rotatable bonds is 4. The first-order chi connectivity index (χ1) is 10.0. The number of hydrogen-bond acceptors (Lipinski definition) is 4. The maximum atomic E-state index is 13.4. The normalized spacial score (nSPS) is 10.2. The second-order valence-corrected chi connectivity index (χ2v) is 3.97. The SMILES string of the molecule is CCOC(=O)c1ccc(Oc2ccc(F)cc2F)c[n+]1[O-]. The standard InChI is InChI=1S/C14H11F2NO4/c1-2-20-14(18)12-5-4-10(8-17(12)19)21-13-6-3-9(15)7-11(13)16/h3-8H,2H2,1H3. The molecule has 21 heavy (non-hydrogen) atoms. The fraction of sp³-hybridized carbons (Fsp3) is 0.143. The summed E-state index contributed by atoms with van der Waals surface area (Å²) in [6, 6.07) is 5.29. The van der Waals surface area contributed by atoms with Crippen LogP contribution in [-0.4, -0.2) is 12.6 Å². The first-order valence-electron chi connectivity index (χ1n) is 6.04. The minimum absolute atomic E-state index is 0.00329. The highest BCUT2D eigenvalue weighted by Gasteiger charge is 2.18. The second kappa shape index (κ2) is 6.17. The molecule has 0 aliphatic carbocycles. The molecule has 0 fully saturated rings. The highest BCUT2D eigenvalue weighted by Crippen LogP contribution is 2.24. The molecule has 0 atom stereocenters. The molecule has 0 unspecified atom stereocenters. The number of benzene rings is 1. The van der Waals surface area contributed by atoms with Gasteiger partial charge >= 0.3 is 11.7 Å². The summed E-state index contributed by atoms with van der Waals surface area (Å²) < 4.78 is 36.3. The Morgan fingerprint density at radius 2 is 2.05 bits per heavy atom. The van der Waals surface area contributed by atoms with Gasteiger partial charge in [-0.25, -0.2) is 13.6 Å². The first kappa shape index (κ1) is 14.7. The van der Waals surface area contributed by atoms with Crippen LogP contribution in [0.25, 0.3) is 0 Å². The lowest BCUT2D eigenvalue weighted by Gasteiger charge is -2.08. The molecule has 0 saturated heterocycles. The minimum Gasteiger partial charge on any atom is -0.618 e. The van der Waals surface area contributed by atoms with Crippen molar-refractivity contribution in [1.29, 1.82) is 0 Å². The third-order valence-corrected chi connectivity index (χ3v) is 2.49. The molecule has 0 bridgehead atoms. The summed E-state index contributed by atoms with van der Waals surface area (Å²) in [6.07, 6.45) is 0.953. The molecule has 5 nitrogen and oxygen atoms in total. The predicted molar refractivity (Wildman–Crippen MR) is 67.8 cm³/mol. The number of hydrogen-bond donors (Lipinski definition) is 0. The number of carbonyl (C=O) groups excluding carboxylic acids is 1. The van der Waals surface area contributed by atoms with Crippen LogP contribution in [0.5, 0.6) is 11.5 Å². The van der Waals surface area contributed by atoms with Gasteiger partial charge in [0.1, 0.15) is 5.82 Å². The van der Waals surface area contributed by atoms with Crippen LogP contribution < -0.4 is 9.47 Å². The van der Waals surface area contributed by atoms with Crippen molar-refractivity contribution in [3.05, 3.63) is 59.1 Å². The van der Waals surface area contributed by atoms with E-state index in [-0.39, 0.29) is 28.5 Å². The van der Waals surface area contributed by atoms with Gasteiger partial charge in [0.25, 0.3) is 0 Å². The van der Waals surface area contributed by atoms with Gasteiger partial charge in [-0.15, -0.1) is 0 Å². The number of ether oxygens (including phenoxy) is 2. The summed E-state index contributed by atoms with van der Waals surface area (Å²) in [7, 11) is 0. The van der Waals surface area contributed by atoms with Gasteiger partial charge in [0, 0.05) is 12.1 Å². The average molecular weight is 295 g/mol. The number of esters is 1. The quantitative estimate of drug-likeness (QED) is 0.494. The molecule has 7 heteroatoms. The predicted octanol–water partition coefficient (Wildman–Crippen LogP) is 2.57. The molecule has 2 aromatic rings. The molecule has 0 spiro atoms. The smallest absolute Gasteiger partial charge is 0.405 e. The van der Waals surface area contributed by atoms with Crippen LogP contribution in [0.1, 0.15) is 17.4 Å². The number of nitrogens with zero attached hydrogens (tertiary/aromatic N) is 1. The Labute approximate surface area is 118 Å². The van der Waals surface area contributed by atoms with Gasteiger partial charge in [-0.2, -0.15) is 4.73 Å². The Bertz CT molecular complexity index is 676. The van der Waals surface area contributed by atoms with Gasteiger partial charge < -0.3 is 14.7 Å². The van der Waals surface area contributed by atoms with Crippen LogP contribution >= 0.6 is 0 Å². The zero-order chi connectivity index (χ0) is 15.4. The van der Waals surface area contributed by atoms with Crippen molar-refractivity contribution in [3.8, 4) is 11.5 Å². The van der Waals surface area contributed by atoms with Crippen LogP contribution in [0.2, 0.25) is 0 Å². The molecule has 0 saturated carbocycles. The summed E-state index contributed by atoms with van der Waals surface area (Å²) in [5.74, 6) is -2.64. The maximum Gasteiger partial charge on any atom is 0.405 e. The van der Waals surface area contributed by atoms with Crippen LogP contribution in [0.4, 0.5) is 8.78 Å². The van der Waals surface area contributed by atoms with E-state index in [1.165, 1.54) is 12.1 Å². The number of halogens is 2. The summed E-state index contributed by atoms with van der Waals surface area (Å²) in [6.45, 7) is 1.75. The molecule has 0 aliphatic heterocycles. The summed E-state index contributed by atoms with van der Waals surface area (Å²) >= 11 is 0. The van der Waals surface area contributed by atoms with Crippen molar-refractivity contribution in [2.24, 2.45) is 0 Å². The Balaban J connectivity index is 2.22. The Kier molecular flexibility index (Phi) is 4.32. The zero-order valence-electron chi connectivity index (χ0n) is 11.0. The van der Waals surface area contributed by atoms with Crippen molar-refractivity contribution in [1.82, 2.24) is 0 Å². The Morgan fingerprint density at radius 1 is 1.29 bits per heavy atom. The van der Waals surface area contributed by atoms with Crippen molar-refractivity contribution in [3.63, 3.8) is 0 Å². The lowest BCUT2D eigenvalue weighted by molar-refractivity contribution is -0.608. The van der Waals surface area contributed by atoms with Gasteiger partial charge in [0.2, 0.25) is 6.20 Å². The summed E-state index contributed by atoms with van der Waals surface area (Å²) in [4.78, 5) is 11.4. The molecule has 0 amide bonds. The zero-order valence-corrected chi connectivity index (χ0v) is 11.0. The van der Waals surface area contributed by atoms with E-state index < -0.39 is 17.6 Å². The lowest BCUT2D eigenvalue weighted by Crippen LogP contribution is -2.34. The van der Waals surface area contributed by atoms with E-state index in [2.05, 4.69) is 0 Å². The van der Waals surface area contributed by atoms with Gasteiger partial charge in [0.15, 0.2) is 17.3 Å². The molecule has 0 N–H and O–H groups in total. The monoisotopic (exact) mass is 295 g/mol. The first-order valence-corrected chi connectivity index (χ1v) is 6.04. The van der Waals surface area contributed by atoms with E-state index in [1.807, 2.05) is 0 Å². The third kappa shape index (κ3) is 3.44. The van der Waals surface area contributed by atoms with Crippen LogP contribution in [-0.2, 0) is 4.74 Å². The van der Waals surface area contributed by atoms with Crippen molar-refractivity contribution in [2.75, 3.05) is 6.61 Å². The molecule has 0 radical (unpaired) electrons. The molecule has 2 rings (SSSR count). The van der Waals surface area contributed by atoms with E-state index in [0.717, 1.165) is 18.3 Å². The molecule has 110 valence electrons. The van der Waals surface area contributed by atoms with Crippen molar-refractivity contribution < 1.29 is 27.8 Å². The average Bonchev–Trinajstić information content (AvgIpc) is 2.42. The minimum atomic E-state index is -0.901. The molecule has 1 aromatic carbocycles. The van der Waals surface area contributed by atoms with Crippen LogP contribution in [0, 0.1) is 16.8 Å². The third-order valence-electron chi connectivity index (χ3n) is 2.49. The van der Waals surface area contributed by atoms with Gasteiger partial charge in [-0.3, -0.25) is 0 Å². The fourth-order valence-corrected chi connectivity index (χ4v) is 1.57. The highest BCUT2D eigenvalue weighted by molar-refractivity contribution is 5.85. The maximum absolute atomic E-state index is 13.4. The van der Waals surface area contributed by atoms with Crippen molar-refractivity contribution >= 4 is 5.97 Å². The Morgan fingerprint density at radius 3 is 2.67 bits per heavy atom. The second-order valence-electron chi connectivity index (χ2n) is 3.97. The molecule has 1 aromatic heterocycles. The lowest BCUT2D eigenvalue weighted by atomic mass is 10.3. The molecule has 1 heterocycles. The number of pyridine rings is 1. The molecule has 0 aliphatic rings. The topological polar surface area (TPSA) is 62.5 Å². The van der Waals surface area contributed by atoms with E-state index in [0.29, 0.717) is 6.07 Å². The van der Waals surface area contributed by atoms with Gasteiger partial charge in [0.05, 0.1) is 6.61 Å². The van der Waals surface area contributed by atoms with Gasteiger partial charge in [-0.05, 0) is 25.1 Å². The van der Waals surface area contributed by atoms with Crippen LogP contribution in [0.15, 0.2) is 36.5 Å². The fourth-order valence-electron chi connectivity index (χ4n) is 1.57. The number of carbonyl (C=O) groups is 1. The van der Waals surface area contributed by atoms with E-state index in [4.69, 9.17) is 9.47 Å². The summed E-state index contributed by atoms with van der Waals surface area (Å²) in [5, 5.41) is 11.7. The Hall–Kier alpha value is -2.70. The van der Waals surface area contributed by atoms with Crippen molar-refractivity contribution in [2.45, 2.75) is 6.92 Å². The number of aromatic nitrogens is 1. The molecular formula is C14H11F2NO4. The summed E-state index contributed by atoms with van der Waals surface area (Å²) in [5.41, 5.74) is -0.219. The highest BCUT2D eigenvalue weighted by atomic mass is 19.1. The largest absolute Gasteiger partial charge is 0.618 e. The van der Waals surface area contributed by atoms with Crippen LogP contribution in [0.3, 0.4) is 0 Å². The van der Waals surface area contributed by atoms with Gasteiger partial charge in [-0.1, -0.05) is 0 Å². The van der Waals surface area contributed by atoms with E-state index in [9.17, 15) is 18.8 Å².